The van der Waals surface area contributed by atoms with E-state index in [-0.39, 0.29) is 6.04 Å². The van der Waals surface area contributed by atoms with Gasteiger partial charge in [0, 0.05) is 32.6 Å². The molecular formula is C11H19N3O2. The smallest absolute Gasteiger partial charge is 0.228 e. The zero-order valence-electron chi connectivity index (χ0n) is 9.69. The molecule has 2 N–H and O–H groups in total. The molecule has 90 valence electrons. The van der Waals surface area contributed by atoms with Crippen LogP contribution in [-0.2, 0) is 17.6 Å². The SMILES string of the molecule is COCCCc1noc(CC(N)C2CC2)n1. The second kappa shape index (κ2) is 5.41. The van der Waals surface area contributed by atoms with Gasteiger partial charge in [-0.1, -0.05) is 5.16 Å². The first-order chi connectivity index (χ1) is 7.79. The number of ether oxygens (including phenoxy) is 1. The monoisotopic (exact) mass is 225 g/mol. The zero-order chi connectivity index (χ0) is 11.4. The average molecular weight is 225 g/mol. The van der Waals surface area contributed by atoms with E-state index in [9.17, 15) is 0 Å². The Hall–Kier alpha value is -0.940. The van der Waals surface area contributed by atoms with Crippen molar-refractivity contribution in [2.24, 2.45) is 11.7 Å². The molecule has 1 aromatic rings. The summed E-state index contributed by atoms with van der Waals surface area (Å²) in [4.78, 5) is 4.32. The largest absolute Gasteiger partial charge is 0.385 e. The Morgan fingerprint density at radius 1 is 1.56 bits per heavy atom. The summed E-state index contributed by atoms with van der Waals surface area (Å²) in [5.74, 6) is 2.10. The molecule has 1 aromatic heterocycles. The van der Waals surface area contributed by atoms with Gasteiger partial charge >= 0.3 is 0 Å². The fourth-order valence-electron chi connectivity index (χ4n) is 1.74. The molecule has 1 heterocycles. The molecule has 5 nitrogen and oxygen atoms in total. The summed E-state index contributed by atoms with van der Waals surface area (Å²) < 4.78 is 10.1. The molecule has 0 aliphatic heterocycles. The summed E-state index contributed by atoms with van der Waals surface area (Å²) >= 11 is 0. The van der Waals surface area contributed by atoms with E-state index in [1.54, 1.807) is 7.11 Å². The number of aromatic nitrogens is 2. The molecule has 1 unspecified atom stereocenters. The maximum absolute atomic E-state index is 5.99. The summed E-state index contributed by atoms with van der Waals surface area (Å²) in [5, 5.41) is 3.92. The van der Waals surface area contributed by atoms with Gasteiger partial charge < -0.3 is 15.0 Å². The molecule has 0 amide bonds. The van der Waals surface area contributed by atoms with E-state index in [4.69, 9.17) is 15.0 Å². The van der Waals surface area contributed by atoms with Gasteiger partial charge in [0.1, 0.15) is 0 Å². The summed E-state index contributed by atoms with van der Waals surface area (Å²) in [7, 11) is 1.69. The summed E-state index contributed by atoms with van der Waals surface area (Å²) in [6.45, 7) is 0.728. The van der Waals surface area contributed by atoms with Crippen LogP contribution in [0.15, 0.2) is 4.52 Å². The maximum Gasteiger partial charge on any atom is 0.228 e. The third-order valence-electron chi connectivity index (χ3n) is 2.90. The third kappa shape index (κ3) is 3.28. The number of methoxy groups -OCH3 is 1. The molecule has 0 aromatic carbocycles. The average Bonchev–Trinajstić information content (AvgIpc) is 3.03. The summed E-state index contributed by atoms with van der Waals surface area (Å²) in [6, 6.07) is 0.187. The van der Waals surface area contributed by atoms with E-state index in [1.807, 2.05) is 0 Å². The van der Waals surface area contributed by atoms with Crippen molar-refractivity contribution >= 4 is 0 Å². The first-order valence-electron chi connectivity index (χ1n) is 5.85. The van der Waals surface area contributed by atoms with E-state index in [2.05, 4.69) is 10.1 Å². The fraction of sp³-hybridized carbons (Fsp3) is 0.818. The van der Waals surface area contributed by atoms with Crippen molar-refractivity contribution in [3.63, 3.8) is 0 Å². The third-order valence-corrected chi connectivity index (χ3v) is 2.90. The summed E-state index contributed by atoms with van der Waals surface area (Å²) in [6.07, 6.45) is 4.92. The van der Waals surface area contributed by atoms with Crippen molar-refractivity contribution in [2.45, 2.75) is 38.1 Å². The van der Waals surface area contributed by atoms with Crippen molar-refractivity contribution in [3.8, 4) is 0 Å². The highest BCUT2D eigenvalue weighted by Crippen LogP contribution is 2.32. The van der Waals surface area contributed by atoms with Crippen molar-refractivity contribution in [1.82, 2.24) is 10.1 Å². The number of hydrogen-bond donors (Lipinski definition) is 1. The molecule has 5 heteroatoms. The Morgan fingerprint density at radius 2 is 2.38 bits per heavy atom. The molecule has 0 bridgehead atoms. The molecule has 0 spiro atoms. The van der Waals surface area contributed by atoms with Crippen LogP contribution in [0.5, 0.6) is 0 Å². The van der Waals surface area contributed by atoms with Crippen LogP contribution in [0, 0.1) is 5.92 Å². The van der Waals surface area contributed by atoms with Crippen LogP contribution >= 0.6 is 0 Å². The van der Waals surface area contributed by atoms with Crippen molar-refractivity contribution < 1.29 is 9.26 Å². The van der Waals surface area contributed by atoms with Gasteiger partial charge in [0.2, 0.25) is 5.89 Å². The molecule has 1 saturated carbocycles. The molecule has 16 heavy (non-hydrogen) atoms. The van der Waals surface area contributed by atoms with Crippen molar-refractivity contribution in [1.29, 1.82) is 0 Å². The lowest BCUT2D eigenvalue weighted by molar-refractivity contribution is 0.194. The Balaban J connectivity index is 1.77. The Labute approximate surface area is 95.3 Å². The van der Waals surface area contributed by atoms with Crippen LogP contribution in [0.1, 0.15) is 31.0 Å². The van der Waals surface area contributed by atoms with Gasteiger partial charge in [-0.2, -0.15) is 4.98 Å². The molecular weight excluding hydrogens is 206 g/mol. The maximum atomic E-state index is 5.99. The summed E-state index contributed by atoms with van der Waals surface area (Å²) in [5.41, 5.74) is 5.99. The highest BCUT2D eigenvalue weighted by molar-refractivity contribution is 4.93. The van der Waals surface area contributed by atoms with Gasteiger partial charge in [-0.05, 0) is 25.2 Å². The highest BCUT2D eigenvalue weighted by Gasteiger charge is 2.29. The number of nitrogens with two attached hydrogens (primary N) is 1. The Bertz CT molecular complexity index is 323. The normalized spacial score (nSPS) is 17.6. The Kier molecular flexibility index (Phi) is 3.90. The molecule has 1 fully saturated rings. The molecule has 1 aliphatic carbocycles. The van der Waals surface area contributed by atoms with Crippen molar-refractivity contribution in [3.05, 3.63) is 11.7 Å². The highest BCUT2D eigenvalue weighted by atomic mass is 16.5. The number of rotatable bonds is 7. The van der Waals surface area contributed by atoms with E-state index < -0.39 is 0 Å². The van der Waals surface area contributed by atoms with E-state index in [0.717, 1.165) is 25.3 Å². The van der Waals surface area contributed by atoms with Crippen LogP contribution in [-0.4, -0.2) is 29.9 Å². The van der Waals surface area contributed by atoms with Crippen LogP contribution in [0.3, 0.4) is 0 Å². The minimum atomic E-state index is 0.187. The van der Waals surface area contributed by atoms with E-state index in [0.29, 0.717) is 18.2 Å². The molecule has 1 atom stereocenters. The standard InChI is InChI=1S/C11H19N3O2/c1-15-6-2-3-10-13-11(16-14-10)7-9(12)8-4-5-8/h8-9H,2-7,12H2,1H3. The van der Waals surface area contributed by atoms with Gasteiger partial charge in [-0.3, -0.25) is 0 Å². The second-order valence-electron chi connectivity index (χ2n) is 4.41. The lowest BCUT2D eigenvalue weighted by atomic mass is 10.1. The van der Waals surface area contributed by atoms with E-state index in [1.165, 1.54) is 12.8 Å². The number of aryl methyl sites for hydroxylation is 1. The predicted molar refractivity (Wildman–Crippen MR) is 58.9 cm³/mol. The van der Waals surface area contributed by atoms with Gasteiger partial charge in [-0.25, -0.2) is 0 Å². The topological polar surface area (TPSA) is 74.2 Å². The van der Waals surface area contributed by atoms with Crippen LogP contribution in [0.2, 0.25) is 0 Å². The van der Waals surface area contributed by atoms with Crippen molar-refractivity contribution in [2.75, 3.05) is 13.7 Å². The Morgan fingerprint density at radius 3 is 3.06 bits per heavy atom. The molecule has 2 rings (SSSR count). The van der Waals surface area contributed by atoms with Crippen LogP contribution in [0.25, 0.3) is 0 Å². The lowest BCUT2D eigenvalue weighted by Gasteiger charge is -2.04. The molecule has 0 radical (unpaired) electrons. The zero-order valence-corrected chi connectivity index (χ0v) is 9.69. The van der Waals surface area contributed by atoms with Gasteiger partial charge in [0.25, 0.3) is 0 Å². The fourth-order valence-corrected chi connectivity index (χ4v) is 1.74. The minimum absolute atomic E-state index is 0.187. The van der Waals surface area contributed by atoms with Crippen LogP contribution in [0.4, 0.5) is 0 Å². The molecule has 0 saturated heterocycles. The quantitative estimate of drug-likeness (QED) is 0.699. The van der Waals surface area contributed by atoms with Gasteiger partial charge in [0.05, 0.1) is 0 Å². The van der Waals surface area contributed by atoms with E-state index >= 15 is 0 Å². The first-order valence-corrected chi connectivity index (χ1v) is 5.85. The minimum Gasteiger partial charge on any atom is -0.385 e. The lowest BCUT2D eigenvalue weighted by Crippen LogP contribution is -2.25. The van der Waals surface area contributed by atoms with Crippen LogP contribution < -0.4 is 5.73 Å². The number of hydrogen-bond acceptors (Lipinski definition) is 5. The second-order valence-corrected chi connectivity index (χ2v) is 4.41. The molecule has 1 aliphatic rings. The van der Waals surface area contributed by atoms with Gasteiger partial charge in [-0.15, -0.1) is 0 Å². The predicted octanol–water partition coefficient (Wildman–Crippen LogP) is 0.928. The number of nitrogens with zero attached hydrogens (tertiary/aromatic N) is 2. The first kappa shape index (κ1) is 11.5. The van der Waals surface area contributed by atoms with Gasteiger partial charge in [0.15, 0.2) is 5.82 Å².